The summed E-state index contributed by atoms with van der Waals surface area (Å²) in [6, 6.07) is 1.42. The van der Waals surface area contributed by atoms with Gasteiger partial charge in [0.15, 0.2) is 0 Å². The van der Waals surface area contributed by atoms with E-state index in [1.807, 2.05) is 26.8 Å². The highest BCUT2D eigenvalue weighted by atomic mass is 16.3. The molecule has 1 saturated carbocycles. The predicted octanol–water partition coefficient (Wildman–Crippen LogP) is 1.93. The molecule has 1 aliphatic carbocycles. The number of furan rings is 1. The summed E-state index contributed by atoms with van der Waals surface area (Å²) >= 11 is 0. The SMILES string of the molecule is CC(C)C1C(=O)NC(C)(C2CC2)C(=O)N1Cc1ccoc1. The lowest BCUT2D eigenvalue weighted by atomic mass is 9.86. The van der Waals surface area contributed by atoms with Crippen molar-refractivity contribution in [3.05, 3.63) is 24.2 Å². The molecule has 114 valence electrons. The molecule has 2 fully saturated rings. The zero-order valence-corrected chi connectivity index (χ0v) is 12.8. The average molecular weight is 290 g/mol. The Kier molecular flexibility index (Phi) is 3.30. The molecule has 2 atom stereocenters. The van der Waals surface area contributed by atoms with E-state index in [0.29, 0.717) is 6.54 Å². The van der Waals surface area contributed by atoms with Gasteiger partial charge in [-0.1, -0.05) is 13.8 Å². The van der Waals surface area contributed by atoms with Gasteiger partial charge in [-0.05, 0) is 37.7 Å². The lowest BCUT2D eigenvalue weighted by Gasteiger charge is -2.46. The van der Waals surface area contributed by atoms with Gasteiger partial charge >= 0.3 is 0 Å². The van der Waals surface area contributed by atoms with E-state index in [1.54, 1.807) is 17.4 Å². The molecule has 1 N–H and O–H groups in total. The first kappa shape index (κ1) is 14.2. The fourth-order valence-corrected chi connectivity index (χ4v) is 3.30. The summed E-state index contributed by atoms with van der Waals surface area (Å²) in [5.41, 5.74) is 0.175. The first-order valence-corrected chi connectivity index (χ1v) is 7.57. The summed E-state index contributed by atoms with van der Waals surface area (Å²) < 4.78 is 5.09. The van der Waals surface area contributed by atoms with Gasteiger partial charge in [0.1, 0.15) is 11.6 Å². The highest BCUT2D eigenvalue weighted by Crippen LogP contribution is 2.43. The van der Waals surface area contributed by atoms with Crippen molar-refractivity contribution in [1.82, 2.24) is 10.2 Å². The number of carbonyl (C=O) groups excluding carboxylic acids is 2. The summed E-state index contributed by atoms with van der Waals surface area (Å²) in [6.45, 7) is 6.23. The number of piperazine rings is 1. The number of hydrogen-bond donors (Lipinski definition) is 1. The standard InChI is InChI=1S/C16H22N2O3/c1-10(2)13-14(19)17-16(3,12-4-5-12)15(20)18(13)8-11-6-7-21-9-11/h6-7,9-10,12-13H,4-5,8H2,1-3H3,(H,17,19). The molecule has 1 aromatic heterocycles. The Morgan fingerprint density at radius 2 is 2.14 bits per heavy atom. The average Bonchev–Trinajstić information content (AvgIpc) is 3.15. The molecule has 3 rings (SSSR count). The summed E-state index contributed by atoms with van der Waals surface area (Å²) in [7, 11) is 0. The molecule has 5 nitrogen and oxygen atoms in total. The number of nitrogens with zero attached hydrogens (tertiary/aromatic N) is 1. The molecule has 2 heterocycles. The maximum absolute atomic E-state index is 13.0. The molecule has 2 aliphatic rings. The van der Waals surface area contributed by atoms with Crippen molar-refractivity contribution in [3.8, 4) is 0 Å². The van der Waals surface area contributed by atoms with Crippen molar-refractivity contribution in [2.24, 2.45) is 11.8 Å². The molecule has 1 saturated heterocycles. The van der Waals surface area contributed by atoms with E-state index in [1.165, 1.54) is 0 Å². The lowest BCUT2D eigenvalue weighted by Crippen LogP contribution is -2.70. The Morgan fingerprint density at radius 1 is 1.43 bits per heavy atom. The van der Waals surface area contributed by atoms with Gasteiger partial charge in [-0.2, -0.15) is 0 Å². The molecule has 0 radical (unpaired) electrons. The molecule has 21 heavy (non-hydrogen) atoms. The fourth-order valence-electron chi connectivity index (χ4n) is 3.30. The maximum Gasteiger partial charge on any atom is 0.249 e. The topological polar surface area (TPSA) is 62.6 Å². The Bertz CT molecular complexity index is 548. The number of carbonyl (C=O) groups is 2. The minimum Gasteiger partial charge on any atom is -0.472 e. The third-order valence-electron chi connectivity index (χ3n) is 4.65. The quantitative estimate of drug-likeness (QED) is 0.921. The van der Waals surface area contributed by atoms with E-state index in [9.17, 15) is 9.59 Å². The van der Waals surface area contributed by atoms with Gasteiger partial charge < -0.3 is 14.6 Å². The van der Waals surface area contributed by atoms with Crippen molar-refractivity contribution in [2.75, 3.05) is 0 Å². The van der Waals surface area contributed by atoms with Crippen LogP contribution in [0.5, 0.6) is 0 Å². The molecule has 0 spiro atoms. The summed E-state index contributed by atoms with van der Waals surface area (Å²) in [6.07, 6.45) is 5.24. The summed E-state index contributed by atoms with van der Waals surface area (Å²) in [5.74, 6) is 0.338. The monoisotopic (exact) mass is 290 g/mol. The molecular weight excluding hydrogens is 268 g/mol. The van der Waals surface area contributed by atoms with E-state index in [2.05, 4.69) is 5.32 Å². The zero-order chi connectivity index (χ0) is 15.2. The van der Waals surface area contributed by atoms with Gasteiger partial charge in [0.25, 0.3) is 0 Å². The molecule has 0 aromatic carbocycles. The number of amides is 2. The minimum atomic E-state index is -0.744. The van der Waals surface area contributed by atoms with Crippen molar-refractivity contribution in [1.29, 1.82) is 0 Å². The van der Waals surface area contributed by atoms with Crippen LogP contribution in [0.2, 0.25) is 0 Å². The largest absolute Gasteiger partial charge is 0.472 e. The van der Waals surface area contributed by atoms with Gasteiger partial charge in [0.05, 0.1) is 12.5 Å². The zero-order valence-electron chi connectivity index (χ0n) is 12.8. The lowest BCUT2D eigenvalue weighted by molar-refractivity contribution is -0.158. The Hall–Kier alpha value is -1.78. The highest BCUT2D eigenvalue weighted by Gasteiger charge is 2.55. The van der Waals surface area contributed by atoms with Gasteiger partial charge in [-0.15, -0.1) is 0 Å². The van der Waals surface area contributed by atoms with Gasteiger partial charge in [0.2, 0.25) is 11.8 Å². The van der Waals surface area contributed by atoms with Crippen LogP contribution in [0.1, 0.15) is 39.2 Å². The second-order valence-corrected chi connectivity index (χ2v) is 6.72. The van der Waals surface area contributed by atoms with Gasteiger partial charge in [0, 0.05) is 12.1 Å². The van der Waals surface area contributed by atoms with Crippen LogP contribution in [-0.2, 0) is 16.1 Å². The van der Waals surface area contributed by atoms with E-state index in [-0.39, 0.29) is 23.7 Å². The van der Waals surface area contributed by atoms with Crippen molar-refractivity contribution < 1.29 is 14.0 Å². The number of nitrogens with one attached hydrogen (secondary N) is 1. The Morgan fingerprint density at radius 3 is 2.67 bits per heavy atom. The first-order chi connectivity index (χ1) is 9.93. The van der Waals surface area contributed by atoms with Crippen LogP contribution < -0.4 is 5.32 Å². The van der Waals surface area contributed by atoms with Crippen molar-refractivity contribution in [2.45, 2.75) is 51.7 Å². The van der Waals surface area contributed by atoms with Crippen LogP contribution >= 0.6 is 0 Å². The van der Waals surface area contributed by atoms with Crippen molar-refractivity contribution >= 4 is 11.8 Å². The molecule has 2 unspecified atom stereocenters. The summed E-state index contributed by atoms with van der Waals surface area (Å²) in [5, 5.41) is 2.99. The third kappa shape index (κ3) is 2.34. The van der Waals surface area contributed by atoms with E-state index in [0.717, 1.165) is 18.4 Å². The van der Waals surface area contributed by atoms with Gasteiger partial charge in [-0.25, -0.2) is 0 Å². The number of rotatable bonds is 4. The van der Waals surface area contributed by atoms with Crippen LogP contribution in [0.15, 0.2) is 23.0 Å². The van der Waals surface area contributed by atoms with Crippen LogP contribution in [0, 0.1) is 11.8 Å². The van der Waals surface area contributed by atoms with Crippen molar-refractivity contribution in [3.63, 3.8) is 0 Å². The molecule has 2 amide bonds. The molecular formula is C16H22N2O3. The molecule has 1 aliphatic heterocycles. The molecule has 5 heteroatoms. The minimum absolute atomic E-state index is 0.0319. The predicted molar refractivity (Wildman–Crippen MR) is 77.2 cm³/mol. The number of hydrogen-bond acceptors (Lipinski definition) is 3. The van der Waals surface area contributed by atoms with Crippen LogP contribution in [-0.4, -0.2) is 28.3 Å². The van der Waals surface area contributed by atoms with E-state index >= 15 is 0 Å². The smallest absolute Gasteiger partial charge is 0.249 e. The molecule has 1 aromatic rings. The van der Waals surface area contributed by atoms with Gasteiger partial charge in [-0.3, -0.25) is 9.59 Å². The third-order valence-corrected chi connectivity index (χ3v) is 4.65. The molecule has 0 bridgehead atoms. The Labute approximate surface area is 124 Å². The second kappa shape index (κ2) is 4.90. The highest BCUT2D eigenvalue weighted by molar-refractivity contribution is 6.00. The maximum atomic E-state index is 13.0. The van der Waals surface area contributed by atoms with Crippen LogP contribution in [0.25, 0.3) is 0 Å². The second-order valence-electron chi connectivity index (χ2n) is 6.72. The van der Waals surface area contributed by atoms with Crippen LogP contribution in [0.4, 0.5) is 0 Å². The normalized spacial score (nSPS) is 29.9. The Balaban J connectivity index is 1.92. The van der Waals surface area contributed by atoms with E-state index in [4.69, 9.17) is 4.42 Å². The van der Waals surface area contributed by atoms with E-state index < -0.39 is 11.6 Å². The summed E-state index contributed by atoms with van der Waals surface area (Å²) in [4.78, 5) is 27.3. The van der Waals surface area contributed by atoms with Crippen LogP contribution in [0.3, 0.4) is 0 Å². The fraction of sp³-hybridized carbons (Fsp3) is 0.625. The first-order valence-electron chi connectivity index (χ1n) is 7.57.